The summed E-state index contributed by atoms with van der Waals surface area (Å²) >= 11 is 0. The second-order valence-electron chi connectivity index (χ2n) is 3.02. The van der Waals surface area contributed by atoms with Gasteiger partial charge >= 0.3 is 0 Å². The zero-order chi connectivity index (χ0) is 10.8. The van der Waals surface area contributed by atoms with E-state index in [1.165, 1.54) is 18.2 Å². The fourth-order valence-electron chi connectivity index (χ4n) is 1.25. The Bertz CT molecular complexity index is 446. The van der Waals surface area contributed by atoms with Gasteiger partial charge in [0.15, 0.2) is 9.84 Å². The van der Waals surface area contributed by atoms with Gasteiger partial charge in [-0.1, -0.05) is 12.1 Å². The number of phenols is 1. The molecule has 0 amide bonds. The van der Waals surface area contributed by atoms with Crippen LogP contribution in [-0.4, -0.2) is 19.8 Å². The van der Waals surface area contributed by atoms with Gasteiger partial charge in [-0.05, 0) is 18.6 Å². The van der Waals surface area contributed by atoms with Crippen molar-refractivity contribution in [2.45, 2.75) is 11.3 Å². The fraction of sp³-hybridized carbons (Fsp3) is 0.200. The van der Waals surface area contributed by atoms with Crippen molar-refractivity contribution in [3.8, 4) is 5.75 Å². The Hall–Kier alpha value is -1.29. The second-order valence-corrected chi connectivity index (χ2v) is 5.00. The van der Waals surface area contributed by atoms with E-state index in [-0.39, 0.29) is 10.6 Å². The normalized spacial score (nSPS) is 11.2. The molecule has 1 aromatic rings. The summed E-state index contributed by atoms with van der Waals surface area (Å²) in [5, 5.41) is 9.47. The maximum absolute atomic E-state index is 11.3. The van der Waals surface area contributed by atoms with Crippen LogP contribution in [0.5, 0.6) is 5.75 Å². The van der Waals surface area contributed by atoms with Crippen molar-refractivity contribution in [3.63, 3.8) is 0 Å². The summed E-state index contributed by atoms with van der Waals surface area (Å²) in [6.45, 7) is 3.51. The van der Waals surface area contributed by atoms with Gasteiger partial charge in [-0.15, -0.1) is 6.58 Å². The predicted octanol–water partition coefficient (Wildman–Crippen LogP) is 1.52. The predicted molar refractivity (Wildman–Crippen MR) is 55.1 cm³/mol. The zero-order valence-corrected chi connectivity index (χ0v) is 8.71. The van der Waals surface area contributed by atoms with Crippen molar-refractivity contribution < 1.29 is 13.5 Å². The molecule has 76 valence electrons. The number of phenolic OH excluding ortho intramolecular Hbond substituents is 1. The monoisotopic (exact) mass is 212 g/mol. The molecular formula is C10H12O3S. The van der Waals surface area contributed by atoms with Crippen molar-refractivity contribution in [1.29, 1.82) is 0 Å². The molecule has 0 unspecified atom stereocenters. The van der Waals surface area contributed by atoms with Gasteiger partial charge in [0.2, 0.25) is 0 Å². The van der Waals surface area contributed by atoms with Crippen LogP contribution in [0.25, 0.3) is 0 Å². The molecule has 0 fully saturated rings. The number of aromatic hydroxyl groups is 1. The molecule has 0 aromatic heterocycles. The topological polar surface area (TPSA) is 54.4 Å². The van der Waals surface area contributed by atoms with E-state index < -0.39 is 9.84 Å². The average molecular weight is 212 g/mol. The van der Waals surface area contributed by atoms with Crippen LogP contribution in [-0.2, 0) is 16.3 Å². The summed E-state index contributed by atoms with van der Waals surface area (Å²) < 4.78 is 22.7. The highest BCUT2D eigenvalue weighted by atomic mass is 32.2. The molecule has 0 aliphatic heterocycles. The summed E-state index contributed by atoms with van der Waals surface area (Å²) in [7, 11) is -3.29. The molecule has 0 aliphatic rings. The first-order valence-corrected chi connectivity index (χ1v) is 5.97. The summed E-state index contributed by atoms with van der Waals surface area (Å²) in [5.41, 5.74) is 0.407. The van der Waals surface area contributed by atoms with E-state index in [2.05, 4.69) is 6.58 Å². The lowest BCUT2D eigenvalue weighted by Gasteiger charge is -2.07. The van der Waals surface area contributed by atoms with E-state index in [0.717, 1.165) is 6.26 Å². The standard InChI is InChI=1S/C10H12O3S/c1-3-5-8-9(11)6-4-7-10(8)14(2,12)13/h3-4,6-7,11H,1,5H2,2H3. The van der Waals surface area contributed by atoms with E-state index in [1.54, 1.807) is 6.08 Å². The summed E-state index contributed by atoms with van der Waals surface area (Å²) in [6, 6.07) is 4.46. The summed E-state index contributed by atoms with van der Waals surface area (Å²) in [4.78, 5) is 0.164. The minimum Gasteiger partial charge on any atom is -0.508 e. The van der Waals surface area contributed by atoms with Crippen molar-refractivity contribution in [3.05, 3.63) is 36.4 Å². The van der Waals surface area contributed by atoms with Crippen LogP contribution in [0, 0.1) is 0 Å². The number of rotatable bonds is 3. The third-order valence-corrected chi connectivity index (χ3v) is 3.04. The van der Waals surface area contributed by atoms with E-state index in [1.807, 2.05) is 0 Å². The van der Waals surface area contributed by atoms with Crippen LogP contribution in [0.15, 0.2) is 35.7 Å². The Labute approximate surface area is 83.6 Å². The number of allylic oxidation sites excluding steroid dienone is 1. The highest BCUT2D eigenvalue weighted by Crippen LogP contribution is 2.25. The Kier molecular flexibility index (Phi) is 2.96. The maximum Gasteiger partial charge on any atom is 0.175 e. The third-order valence-electron chi connectivity index (χ3n) is 1.86. The molecule has 1 rings (SSSR count). The van der Waals surface area contributed by atoms with Gasteiger partial charge in [-0.25, -0.2) is 8.42 Å². The molecule has 1 aromatic carbocycles. The Morgan fingerprint density at radius 1 is 1.50 bits per heavy atom. The van der Waals surface area contributed by atoms with Gasteiger partial charge in [-0.2, -0.15) is 0 Å². The molecule has 4 heteroatoms. The van der Waals surface area contributed by atoms with E-state index in [4.69, 9.17) is 0 Å². The summed E-state index contributed by atoms with van der Waals surface area (Å²) in [6.07, 6.45) is 3.02. The lowest BCUT2D eigenvalue weighted by atomic mass is 10.1. The van der Waals surface area contributed by atoms with Crippen molar-refractivity contribution in [2.24, 2.45) is 0 Å². The van der Waals surface area contributed by atoms with Crippen LogP contribution in [0.2, 0.25) is 0 Å². The first-order chi connectivity index (χ1) is 6.46. The molecule has 0 saturated carbocycles. The molecule has 0 bridgehead atoms. The van der Waals surface area contributed by atoms with Crippen LogP contribution < -0.4 is 0 Å². The minimum atomic E-state index is -3.29. The SMILES string of the molecule is C=CCc1c(O)cccc1S(C)(=O)=O. The van der Waals surface area contributed by atoms with E-state index >= 15 is 0 Å². The van der Waals surface area contributed by atoms with Gasteiger partial charge in [0, 0.05) is 11.8 Å². The lowest BCUT2D eigenvalue weighted by molar-refractivity contribution is 0.467. The lowest BCUT2D eigenvalue weighted by Crippen LogP contribution is -2.01. The molecule has 0 aliphatic carbocycles. The molecule has 3 nitrogen and oxygen atoms in total. The number of hydrogen-bond acceptors (Lipinski definition) is 3. The van der Waals surface area contributed by atoms with Gasteiger partial charge < -0.3 is 5.11 Å². The maximum atomic E-state index is 11.3. The molecular weight excluding hydrogens is 200 g/mol. The molecule has 0 radical (unpaired) electrons. The highest BCUT2D eigenvalue weighted by molar-refractivity contribution is 7.90. The number of benzene rings is 1. The summed E-state index contributed by atoms with van der Waals surface area (Å²) in [5.74, 6) is -0.00664. The van der Waals surface area contributed by atoms with Crippen LogP contribution >= 0.6 is 0 Å². The third kappa shape index (κ3) is 2.14. The van der Waals surface area contributed by atoms with Crippen molar-refractivity contribution in [1.82, 2.24) is 0 Å². The fourth-order valence-corrected chi connectivity index (χ4v) is 2.21. The number of hydrogen-bond donors (Lipinski definition) is 1. The van der Waals surface area contributed by atoms with Crippen molar-refractivity contribution >= 4 is 9.84 Å². The first-order valence-electron chi connectivity index (χ1n) is 4.08. The zero-order valence-electron chi connectivity index (χ0n) is 7.90. The second kappa shape index (κ2) is 3.84. The van der Waals surface area contributed by atoms with Crippen LogP contribution in [0.3, 0.4) is 0 Å². The largest absolute Gasteiger partial charge is 0.508 e. The molecule has 0 spiro atoms. The first kappa shape index (κ1) is 10.8. The van der Waals surface area contributed by atoms with Crippen LogP contribution in [0.1, 0.15) is 5.56 Å². The Balaban J connectivity index is 3.43. The molecule has 0 heterocycles. The number of sulfone groups is 1. The Morgan fingerprint density at radius 3 is 2.64 bits per heavy atom. The highest BCUT2D eigenvalue weighted by Gasteiger charge is 2.14. The molecule has 0 saturated heterocycles. The van der Waals surface area contributed by atoms with Gasteiger partial charge in [0.05, 0.1) is 4.90 Å². The molecule has 1 N–H and O–H groups in total. The van der Waals surface area contributed by atoms with Gasteiger partial charge in [-0.3, -0.25) is 0 Å². The van der Waals surface area contributed by atoms with E-state index in [0.29, 0.717) is 12.0 Å². The molecule has 0 atom stereocenters. The average Bonchev–Trinajstić information content (AvgIpc) is 2.07. The molecule has 14 heavy (non-hydrogen) atoms. The van der Waals surface area contributed by atoms with Gasteiger partial charge in [0.1, 0.15) is 5.75 Å². The quantitative estimate of drug-likeness (QED) is 0.773. The van der Waals surface area contributed by atoms with Crippen LogP contribution in [0.4, 0.5) is 0 Å². The smallest absolute Gasteiger partial charge is 0.175 e. The minimum absolute atomic E-state index is 0.00664. The van der Waals surface area contributed by atoms with E-state index in [9.17, 15) is 13.5 Å². The van der Waals surface area contributed by atoms with Gasteiger partial charge in [0.25, 0.3) is 0 Å². The van der Waals surface area contributed by atoms with Crippen molar-refractivity contribution in [2.75, 3.05) is 6.26 Å². The Morgan fingerprint density at radius 2 is 2.14 bits per heavy atom.